The lowest BCUT2D eigenvalue weighted by Gasteiger charge is -2.02. The molecule has 0 spiro atoms. The number of furan rings is 1. The fourth-order valence-corrected chi connectivity index (χ4v) is 1.44. The summed E-state index contributed by atoms with van der Waals surface area (Å²) in [6, 6.07) is 6.04. The molecule has 19 heavy (non-hydrogen) atoms. The van der Waals surface area contributed by atoms with Crippen molar-refractivity contribution in [2.45, 2.75) is 13.5 Å². The minimum Gasteiger partial charge on any atom is -0.460 e. The van der Waals surface area contributed by atoms with Crippen LogP contribution in [-0.4, -0.2) is 17.6 Å². The lowest BCUT2D eigenvalue weighted by atomic mass is 10.4. The van der Waals surface area contributed by atoms with E-state index in [0.717, 1.165) is 6.20 Å². The lowest BCUT2D eigenvalue weighted by Crippen LogP contribution is -2.03. The molecular formula is C13H13FN2O3. The first kappa shape index (κ1) is 13.1. The number of esters is 1. The number of ether oxygens (including phenoxy) is 1. The number of rotatable bonds is 5. The van der Waals surface area contributed by atoms with Gasteiger partial charge in [-0.1, -0.05) is 0 Å². The van der Waals surface area contributed by atoms with E-state index in [-0.39, 0.29) is 5.76 Å². The van der Waals surface area contributed by atoms with E-state index in [1.165, 1.54) is 12.1 Å². The van der Waals surface area contributed by atoms with Crippen molar-refractivity contribution in [3.05, 3.63) is 47.8 Å². The highest BCUT2D eigenvalue weighted by molar-refractivity contribution is 5.86. The molecule has 2 aromatic heterocycles. The number of anilines is 1. The number of nitrogens with zero attached hydrogens (tertiary/aromatic N) is 1. The Kier molecular flexibility index (Phi) is 4.12. The Morgan fingerprint density at radius 2 is 2.26 bits per heavy atom. The maximum Gasteiger partial charge on any atom is 0.374 e. The zero-order valence-electron chi connectivity index (χ0n) is 10.4. The van der Waals surface area contributed by atoms with E-state index < -0.39 is 11.8 Å². The van der Waals surface area contributed by atoms with Crippen molar-refractivity contribution < 1.29 is 18.3 Å². The molecule has 1 N–H and O–H groups in total. The van der Waals surface area contributed by atoms with Crippen molar-refractivity contribution in [3.8, 4) is 0 Å². The van der Waals surface area contributed by atoms with Gasteiger partial charge in [-0.25, -0.2) is 14.2 Å². The highest BCUT2D eigenvalue weighted by atomic mass is 19.1. The molecule has 2 rings (SSSR count). The summed E-state index contributed by atoms with van der Waals surface area (Å²) in [7, 11) is 0. The quantitative estimate of drug-likeness (QED) is 0.841. The van der Waals surface area contributed by atoms with Gasteiger partial charge in [0.2, 0.25) is 5.76 Å². The van der Waals surface area contributed by atoms with Crippen molar-refractivity contribution in [2.75, 3.05) is 11.9 Å². The van der Waals surface area contributed by atoms with Crippen molar-refractivity contribution in [1.29, 1.82) is 0 Å². The van der Waals surface area contributed by atoms with Crippen LogP contribution < -0.4 is 5.32 Å². The second-order valence-electron chi connectivity index (χ2n) is 3.70. The van der Waals surface area contributed by atoms with Crippen LogP contribution in [0.4, 0.5) is 10.2 Å². The third-order valence-electron chi connectivity index (χ3n) is 2.31. The average Bonchev–Trinajstić information content (AvgIpc) is 2.87. The van der Waals surface area contributed by atoms with Crippen LogP contribution in [0.3, 0.4) is 0 Å². The first-order chi connectivity index (χ1) is 9.19. The standard InChI is InChI=1S/C13H13FN2O3/c1-2-18-13(17)11-5-4-10(19-11)8-16-12-6-3-9(14)7-15-12/h3-7H,2,8H2,1H3,(H,15,16). The summed E-state index contributed by atoms with van der Waals surface area (Å²) >= 11 is 0. The molecule has 0 fully saturated rings. The van der Waals surface area contributed by atoms with Gasteiger partial charge < -0.3 is 14.5 Å². The molecule has 2 aromatic rings. The Morgan fingerprint density at radius 1 is 1.42 bits per heavy atom. The zero-order chi connectivity index (χ0) is 13.7. The second kappa shape index (κ2) is 5.99. The van der Waals surface area contributed by atoms with E-state index in [4.69, 9.17) is 9.15 Å². The van der Waals surface area contributed by atoms with E-state index in [1.807, 2.05) is 0 Å². The van der Waals surface area contributed by atoms with Gasteiger partial charge in [-0.15, -0.1) is 0 Å². The molecule has 0 aliphatic rings. The summed E-state index contributed by atoms with van der Waals surface area (Å²) in [6.45, 7) is 2.37. The molecule has 2 heterocycles. The summed E-state index contributed by atoms with van der Waals surface area (Å²) in [5, 5.41) is 2.95. The Bertz CT molecular complexity index is 551. The summed E-state index contributed by atoms with van der Waals surface area (Å²) in [5.41, 5.74) is 0. The number of hydrogen-bond acceptors (Lipinski definition) is 5. The molecule has 100 valence electrons. The van der Waals surface area contributed by atoms with Gasteiger partial charge in [-0.3, -0.25) is 0 Å². The maximum absolute atomic E-state index is 12.7. The van der Waals surface area contributed by atoms with Crippen LogP contribution in [0.5, 0.6) is 0 Å². The first-order valence-corrected chi connectivity index (χ1v) is 5.80. The van der Waals surface area contributed by atoms with E-state index in [2.05, 4.69) is 10.3 Å². The largest absolute Gasteiger partial charge is 0.460 e. The van der Waals surface area contributed by atoms with Crippen LogP contribution in [0, 0.1) is 5.82 Å². The van der Waals surface area contributed by atoms with Gasteiger partial charge >= 0.3 is 5.97 Å². The summed E-state index contributed by atoms with van der Waals surface area (Å²) in [4.78, 5) is 15.2. The molecule has 0 aliphatic carbocycles. The van der Waals surface area contributed by atoms with Gasteiger partial charge in [-0.2, -0.15) is 0 Å². The van der Waals surface area contributed by atoms with Crippen LogP contribution in [0.25, 0.3) is 0 Å². The number of pyridine rings is 1. The lowest BCUT2D eigenvalue weighted by molar-refractivity contribution is 0.0488. The molecular weight excluding hydrogens is 251 g/mol. The van der Waals surface area contributed by atoms with Crippen molar-refractivity contribution in [2.24, 2.45) is 0 Å². The Hall–Kier alpha value is -2.37. The Morgan fingerprint density at radius 3 is 2.95 bits per heavy atom. The van der Waals surface area contributed by atoms with Gasteiger partial charge in [0.05, 0.1) is 19.3 Å². The smallest absolute Gasteiger partial charge is 0.374 e. The predicted octanol–water partition coefficient (Wildman–Crippen LogP) is 2.60. The van der Waals surface area contributed by atoms with Gasteiger partial charge in [-0.05, 0) is 31.2 Å². The topological polar surface area (TPSA) is 64.4 Å². The first-order valence-electron chi connectivity index (χ1n) is 5.80. The van der Waals surface area contributed by atoms with Gasteiger partial charge in [0.15, 0.2) is 0 Å². The highest BCUT2D eigenvalue weighted by Crippen LogP contribution is 2.11. The summed E-state index contributed by atoms with van der Waals surface area (Å²) in [6.07, 6.45) is 1.12. The molecule has 0 unspecified atom stereocenters. The van der Waals surface area contributed by atoms with Crippen LogP contribution in [-0.2, 0) is 11.3 Å². The van der Waals surface area contributed by atoms with E-state index in [9.17, 15) is 9.18 Å². The monoisotopic (exact) mass is 264 g/mol. The minimum absolute atomic E-state index is 0.158. The number of carbonyl (C=O) groups is 1. The summed E-state index contributed by atoms with van der Waals surface area (Å²) in [5.74, 6) is 0.359. The molecule has 6 heteroatoms. The molecule has 0 amide bonds. The van der Waals surface area contributed by atoms with Crippen LogP contribution in [0.15, 0.2) is 34.9 Å². The molecule has 0 radical (unpaired) electrons. The molecule has 0 aromatic carbocycles. The third-order valence-corrected chi connectivity index (χ3v) is 2.31. The summed E-state index contributed by atoms with van der Waals surface area (Å²) < 4.78 is 22.8. The van der Waals surface area contributed by atoms with Gasteiger partial charge in [0.25, 0.3) is 0 Å². The number of halogens is 1. The number of hydrogen-bond donors (Lipinski definition) is 1. The predicted molar refractivity (Wildman–Crippen MR) is 66.2 cm³/mol. The van der Waals surface area contributed by atoms with Crippen LogP contribution >= 0.6 is 0 Å². The van der Waals surface area contributed by atoms with E-state index >= 15 is 0 Å². The molecule has 0 aliphatic heterocycles. The average molecular weight is 264 g/mol. The molecule has 0 saturated carbocycles. The molecule has 0 saturated heterocycles. The van der Waals surface area contributed by atoms with Crippen LogP contribution in [0.2, 0.25) is 0 Å². The Balaban J connectivity index is 1.93. The van der Waals surface area contributed by atoms with Crippen molar-refractivity contribution in [1.82, 2.24) is 4.98 Å². The van der Waals surface area contributed by atoms with Crippen LogP contribution in [0.1, 0.15) is 23.2 Å². The Labute approximate surface area is 109 Å². The number of aromatic nitrogens is 1. The highest BCUT2D eigenvalue weighted by Gasteiger charge is 2.11. The van der Waals surface area contributed by atoms with Gasteiger partial charge in [0, 0.05) is 0 Å². The van der Waals surface area contributed by atoms with Crippen molar-refractivity contribution >= 4 is 11.8 Å². The molecule has 5 nitrogen and oxygen atoms in total. The van der Waals surface area contributed by atoms with E-state index in [1.54, 1.807) is 19.1 Å². The number of nitrogens with one attached hydrogen (secondary N) is 1. The van der Waals surface area contributed by atoms with Gasteiger partial charge in [0.1, 0.15) is 17.4 Å². The molecule has 0 bridgehead atoms. The zero-order valence-corrected chi connectivity index (χ0v) is 10.4. The fourth-order valence-electron chi connectivity index (χ4n) is 1.44. The van der Waals surface area contributed by atoms with E-state index in [0.29, 0.717) is 24.7 Å². The SMILES string of the molecule is CCOC(=O)c1ccc(CNc2ccc(F)cn2)o1. The molecule has 0 atom stereocenters. The third kappa shape index (κ3) is 3.54. The maximum atomic E-state index is 12.7. The normalized spacial score (nSPS) is 10.2. The fraction of sp³-hybridized carbons (Fsp3) is 0.231. The van der Waals surface area contributed by atoms with Crippen molar-refractivity contribution in [3.63, 3.8) is 0 Å². The minimum atomic E-state index is -0.492. The second-order valence-corrected chi connectivity index (χ2v) is 3.70. The number of carbonyl (C=O) groups excluding carboxylic acids is 1.